The van der Waals surface area contributed by atoms with Crippen molar-refractivity contribution in [1.82, 2.24) is 0 Å². The Morgan fingerprint density at radius 2 is 1.38 bits per heavy atom. The van der Waals surface area contributed by atoms with Crippen molar-refractivity contribution < 1.29 is 9.13 Å². The SMILES string of the molecule is CCOc1ccc(C=Cc2ccc(C[C@H](F)c3ccccc3)cc2)cc1. The van der Waals surface area contributed by atoms with Crippen LogP contribution in [0.5, 0.6) is 5.75 Å². The Hall–Kier alpha value is -2.87. The van der Waals surface area contributed by atoms with E-state index in [1.165, 1.54) is 0 Å². The lowest BCUT2D eigenvalue weighted by Crippen LogP contribution is -1.96. The van der Waals surface area contributed by atoms with E-state index in [-0.39, 0.29) is 0 Å². The molecular weight excluding hydrogens is 323 g/mol. The van der Waals surface area contributed by atoms with Gasteiger partial charge in [-0.05, 0) is 41.3 Å². The molecule has 0 amide bonds. The summed E-state index contributed by atoms with van der Waals surface area (Å²) in [6.45, 7) is 2.65. The lowest BCUT2D eigenvalue weighted by Gasteiger charge is -2.08. The number of hydrogen-bond acceptors (Lipinski definition) is 1. The Balaban J connectivity index is 1.60. The van der Waals surface area contributed by atoms with Gasteiger partial charge in [0.1, 0.15) is 11.9 Å². The molecule has 1 nitrogen and oxygen atoms in total. The van der Waals surface area contributed by atoms with Gasteiger partial charge < -0.3 is 4.74 Å². The minimum Gasteiger partial charge on any atom is -0.494 e. The number of benzene rings is 3. The van der Waals surface area contributed by atoms with Crippen LogP contribution in [0, 0.1) is 0 Å². The highest BCUT2D eigenvalue weighted by atomic mass is 19.1. The maximum atomic E-state index is 14.4. The lowest BCUT2D eigenvalue weighted by atomic mass is 10.0. The van der Waals surface area contributed by atoms with Crippen molar-refractivity contribution in [3.8, 4) is 5.75 Å². The van der Waals surface area contributed by atoms with Crippen molar-refractivity contribution in [3.05, 3.63) is 101 Å². The molecule has 0 bridgehead atoms. The van der Waals surface area contributed by atoms with Crippen molar-refractivity contribution in [2.24, 2.45) is 0 Å². The molecule has 0 unspecified atom stereocenters. The van der Waals surface area contributed by atoms with Gasteiger partial charge in [-0.15, -0.1) is 0 Å². The predicted molar refractivity (Wildman–Crippen MR) is 107 cm³/mol. The van der Waals surface area contributed by atoms with Crippen LogP contribution in [0.2, 0.25) is 0 Å². The largest absolute Gasteiger partial charge is 0.494 e. The summed E-state index contributed by atoms with van der Waals surface area (Å²) in [5.74, 6) is 0.883. The minimum absolute atomic E-state index is 0.396. The second-order valence-electron chi connectivity index (χ2n) is 6.16. The van der Waals surface area contributed by atoms with Crippen LogP contribution in [0.15, 0.2) is 78.9 Å². The van der Waals surface area contributed by atoms with Gasteiger partial charge >= 0.3 is 0 Å². The van der Waals surface area contributed by atoms with Crippen LogP contribution in [0.3, 0.4) is 0 Å². The molecule has 0 radical (unpaired) electrons. The van der Waals surface area contributed by atoms with E-state index in [9.17, 15) is 4.39 Å². The first-order chi connectivity index (χ1) is 12.7. The highest BCUT2D eigenvalue weighted by molar-refractivity contribution is 5.69. The molecule has 3 aromatic rings. The van der Waals surface area contributed by atoms with Crippen molar-refractivity contribution in [3.63, 3.8) is 0 Å². The summed E-state index contributed by atoms with van der Waals surface area (Å²) in [4.78, 5) is 0. The number of ether oxygens (including phenoxy) is 1. The van der Waals surface area contributed by atoms with Crippen molar-refractivity contribution in [2.45, 2.75) is 19.5 Å². The highest BCUT2D eigenvalue weighted by Gasteiger charge is 2.09. The van der Waals surface area contributed by atoms with E-state index in [1.807, 2.05) is 85.8 Å². The van der Waals surface area contributed by atoms with E-state index in [0.717, 1.165) is 28.0 Å². The van der Waals surface area contributed by atoms with Gasteiger partial charge in [-0.2, -0.15) is 0 Å². The van der Waals surface area contributed by atoms with E-state index in [1.54, 1.807) is 0 Å². The van der Waals surface area contributed by atoms with Crippen LogP contribution in [0.25, 0.3) is 12.2 Å². The van der Waals surface area contributed by atoms with Crippen molar-refractivity contribution >= 4 is 12.2 Å². The number of rotatable bonds is 7. The standard InChI is InChI=1S/C24H23FO/c1-2-26-23-16-14-20(15-17-23)9-8-19-10-12-21(13-11-19)18-24(25)22-6-4-3-5-7-22/h3-17,24H,2,18H2,1H3/t24-/m0/s1. The molecule has 2 heteroatoms. The third-order valence-corrected chi connectivity index (χ3v) is 4.22. The molecule has 0 heterocycles. The van der Waals surface area contributed by atoms with Crippen LogP contribution in [-0.2, 0) is 6.42 Å². The second-order valence-corrected chi connectivity index (χ2v) is 6.16. The lowest BCUT2D eigenvalue weighted by molar-refractivity contribution is 0.340. The Labute approximate surface area is 154 Å². The van der Waals surface area contributed by atoms with Gasteiger partial charge in [-0.25, -0.2) is 4.39 Å². The van der Waals surface area contributed by atoms with E-state index >= 15 is 0 Å². The summed E-state index contributed by atoms with van der Waals surface area (Å²) in [5.41, 5.74) is 3.94. The summed E-state index contributed by atoms with van der Waals surface area (Å²) in [6.07, 6.45) is 3.55. The van der Waals surface area contributed by atoms with Crippen LogP contribution in [0.4, 0.5) is 4.39 Å². The number of alkyl halides is 1. The van der Waals surface area contributed by atoms with Gasteiger partial charge in [0.15, 0.2) is 0 Å². The fourth-order valence-corrected chi connectivity index (χ4v) is 2.79. The molecular formula is C24H23FO. The molecule has 0 saturated heterocycles. The fourth-order valence-electron chi connectivity index (χ4n) is 2.79. The van der Waals surface area contributed by atoms with Gasteiger partial charge in [0.2, 0.25) is 0 Å². The molecule has 0 aliphatic heterocycles. The molecule has 0 N–H and O–H groups in total. The average molecular weight is 346 g/mol. The smallest absolute Gasteiger partial charge is 0.129 e. The summed E-state index contributed by atoms with van der Waals surface area (Å²) in [7, 11) is 0. The van der Waals surface area contributed by atoms with Gasteiger partial charge in [0.05, 0.1) is 6.61 Å². The molecule has 0 aliphatic carbocycles. The average Bonchev–Trinajstić information content (AvgIpc) is 2.69. The van der Waals surface area contributed by atoms with E-state index < -0.39 is 6.17 Å². The maximum Gasteiger partial charge on any atom is 0.129 e. The van der Waals surface area contributed by atoms with Crippen molar-refractivity contribution in [1.29, 1.82) is 0 Å². The molecule has 26 heavy (non-hydrogen) atoms. The van der Waals surface area contributed by atoms with Gasteiger partial charge in [-0.3, -0.25) is 0 Å². The Morgan fingerprint density at radius 1 is 0.808 bits per heavy atom. The molecule has 0 spiro atoms. The van der Waals surface area contributed by atoms with Crippen LogP contribution in [0.1, 0.15) is 35.3 Å². The maximum absolute atomic E-state index is 14.4. The fraction of sp³-hybridized carbons (Fsp3) is 0.167. The van der Waals surface area contributed by atoms with Gasteiger partial charge in [-0.1, -0.05) is 78.9 Å². The zero-order valence-electron chi connectivity index (χ0n) is 14.9. The summed E-state index contributed by atoms with van der Waals surface area (Å²) >= 11 is 0. The third-order valence-electron chi connectivity index (χ3n) is 4.22. The monoisotopic (exact) mass is 346 g/mol. The van der Waals surface area contributed by atoms with Gasteiger partial charge in [0, 0.05) is 6.42 Å². The second kappa shape index (κ2) is 9.00. The topological polar surface area (TPSA) is 9.23 Å². The zero-order valence-corrected chi connectivity index (χ0v) is 14.9. The van der Waals surface area contributed by atoms with E-state index in [4.69, 9.17) is 4.74 Å². The molecule has 0 aromatic heterocycles. The van der Waals surface area contributed by atoms with Crippen molar-refractivity contribution in [2.75, 3.05) is 6.61 Å². The molecule has 1 atom stereocenters. The molecule has 3 rings (SSSR count). The molecule has 0 saturated carbocycles. The normalized spacial score (nSPS) is 12.2. The predicted octanol–water partition coefficient (Wildman–Crippen LogP) is 6.51. The molecule has 3 aromatic carbocycles. The first-order valence-corrected chi connectivity index (χ1v) is 8.93. The van der Waals surface area contributed by atoms with Crippen LogP contribution >= 0.6 is 0 Å². The van der Waals surface area contributed by atoms with E-state index in [2.05, 4.69) is 12.2 Å². The summed E-state index contributed by atoms with van der Waals surface area (Å²) in [6, 6.07) is 25.4. The molecule has 132 valence electrons. The first-order valence-electron chi connectivity index (χ1n) is 8.93. The van der Waals surface area contributed by atoms with Crippen LogP contribution in [-0.4, -0.2) is 6.61 Å². The quantitative estimate of drug-likeness (QED) is 0.443. The Kier molecular flexibility index (Phi) is 6.21. The number of halogens is 1. The Morgan fingerprint density at radius 3 is 1.96 bits per heavy atom. The Bertz CT molecular complexity index is 820. The first kappa shape index (κ1) is 17.9. The minimum atomic E-state index is -0.971. The summed E-state index contributed by atoms with van der Waals surface area (Å²) in [5, 5.41) is 0. The van der Waals surface area contributed by atoms with Gasteiger partial charge in [0.25, 0.3) is 0 Å². The zero-order chi connectivity index (χ0) is 18.2. The highest BCUT2D eigenvalue weighted by Crippen LogP contribution is 2.22. The third kappa shape index (κ3) is 5.06. The number of hydrogen-bond donors (Lipinski definition) is 0. The molecule has 0 fully saturated rings. The molecule has 0 aliphatic rings. The summed E-state index contributed by atoms with van der Waals surface area (Å²) < 4.78 is 19.8. The van der Waals surface area contributed by atoms with E-state index in [0.29, 0.717) is 13.0 Å². The van der Waals surface area contributed by atoms with Crippen LogP contribution < -0.4 is 4.74 Å².